The lowest BCUT2D eigenvalue weighted by atomic mass is 9.87. The van der Waals surface area contributed by atoms with E-state index in [0.29, 0.717) is 16.5 Å². The molecule has 8 nitrogen and oxygen atoms in total. The van der Waals surface area contributed by atoms with E-state index in [1.165, 1.54) is 16.9 Å². The maximum absolute atomic E-state index is 12.7. The van der Waals surface area contributed by atoms with Gasteiger partial charge in [-0.1, -0.05) is 32.9 Å². The molecule has 0 spiro atoms. The Morgan fingerprint density at radius 3 is 2.58 bits per heavy atom. The second kappa shape index (κ2) is 9.44. The van der Waals surface area contributed by atoms with Gasteiger partial charge >= 0.3 is 0 Å². The number of amides is 2. The molecule has 0 bridgehead atoms. The zero-order valence-electron chi connectivity index (χ0n) is 19.5. The largest absolute Gasteiger partial charge is 0.308 e. The van der Waals surface area contributed by atoms with Crippen molar-refractivity contribution in [3.63, 3.8) is 0 Å². The molecule has 1 aliphatic rings. The van der Waals surface area contributed by atoms with Crippen molar-refractivity contribution in [3.05, 3.63) is 58.7 Å². The number of hydrogen-bond acceptors (Lipinski definition) is 6. The van der Waals surface area contributed by atoms with Crippen LogP contribution in [0.2, 0.25) is 0 Å². The molecule has 0 unspecified atom stereocenters. The van der Waals surface area contributed by atoms with E-state index in [1.54, 1.807) is 16.9 Å². The molecule has 33 heavy (non-hydrogen) atoms. The Kier molecular flexibility index (Phi) is 6.62. The van der Waals surface area contributed by atoms with Crippen molar-refractivity contribution in [2.24, 2.45) is 7.05 Å². The zero-order valence-corrected chi connectivity index (χ0v) is 20.3. The molecule has 9 heteroatoms. The van der Waals surface area contributed by atoms with Gasteiger partial charge in [0.2, 0.25) is 5.91 Å². The Balaban J connectivity index is 1.36. The number of aromatic nitrogens is 3. The SMILES string of the molecule is Cn1ccc(NC(=O)CN2CCC[C@H]2c2csc(NC(=O)c3ccc(C(C)(C)C)cc3)n2)n1. The lowest BCUT2D eigenvalue weighted by molar-refractivity contribution is -0.117. The maximum atomic E-state index is 12.7. The van der Waals surface area contributed by atoms with Gasteiger partial charge in [-0.2, -0.15) is 5.10 Å². The molecule has 1 fully saturated rings. The Bertz CT molecular complexity index is 1130. The van der Waals surface area contributed by atoms with Crippen molar-refractivity contribution in [2.45, 2.75) is 45.1 Å². The number of rotatable bonds is 6. The number of aryl methyl sites for hydroxylation is 1. The van der Waals surface area contributed by atoms with Crippen LogP contribution in [0.25, 0.3) is 0 Å². The van der Waals surface area contributed by atoms with Crippen molar-refractivity contribution in [2.75, 3.05) is 23.7 Å². The molecule has 174 valence electrons. The number of carbonyl (C=O) groups is 2. The number of nitrogens with zero attached hydrogens (tertiary/aromatic N) is 4. The first-order chi connectivity index (χ1) is 15.7. The predicted molar refractivity (Wildman–Crippen MR) is 131 cm³/mol. The molecule has 3 heterocycles. The summed E-state index contributed by atoms with van der Waals surface area (Å²) in [6.07, 6.45) is 3.72. The molecule has 4 rings (SSSR count). The number of anilines is 2. The fraction of sp³-hybridized carbons (Fsp3) is 0.417. The summed E-state index contributed by atoms with van der Waals surface area (Å²) >= 11 is 1.41. The van der Waals surface area contributed by atoms with Crippen LogP contribution < -0.4 is 10.6 Å². The highest BCUT2D eigenvalue weighted by molar-refractivity contribution is 7.14. The zero-order chi connectivity index (χ0) is 23.6. The smallest absolute Gasteiger partial charge is 0.257 e. The average Bonchev–Trinajstić information content (AvgIpc) is 3.49. The van der Waals surface area contributed by atoms with Gasteiger partial charge < -0.3 is 5.32 Å². The summed E-state index contributed by atoms with van der Waals surface area (Å²) in [5.74, 6) is 0.282. The molecule has 3 aromatic rings. The molecule has 0 saturated carbocycles. The third-order valence-corrected chi connectivity index (χ3v) is 6.56. The Morgan fingerprint density at radius 1 is 1.15 bits per heavy atom. The van der Waals surface area contributed by atoms with E-state index < -0.39 is 0 Å². The molecule has 2 N–H and O–H groups in total. The van der Waals surface area contributed by atoms with Crippen molar-refractivity contribution in [1.82, 2.24) is 19.7 Å². The van der Waals surface area contributed by atoms with Gasteiger partial charge in [0.15, 0.2) is 10.9 Å². The number of carbonyl (C=O) groups excluding carboxylic acids is 2. The Morgan fingerprint density at radius 2 is 1.91 bits per heavy atom. The summed E-state index contributed by atoms with van der Waals surface area (Å²) in [7, 11) is 1.81. The van der Waals surface area contributed by atoms with Crippen LogP contribution in [0.4, 0.5) is 10.9 Å². The molecule has 1 atom stereocenters. The van der Waals surface area contributed by atoms with E-state index in [-0.39, 0.29) is 29.8 Å². The van der Waals surface area contributed by atoms with Gasteiger partial charge in [-0.3, -0.25) is 24.5 Å². The number of hydrogen-bond donors (Lipinski definition) is 2. The lowest BCUT2D eigenvalue weighted by Gasteiger charge is -2.22. The second-order valence-electron chi connectivity index (χ2n) is 9.41. The minimum absolute atomic E-state index is 0.0425. The first-order valence-electron chi connectivity index (χ1n) is 11.1. The van der Waals surface area contributed by atoms with Crippen molar-refractivity contribution in [3.8, 4) is 0 Å². The molecule has 0 aliphatic carbocycles. The van der Waals surface area contributed by atoms with E-state index >= 15 is 0 Å². The minimum Gasteiger partial charge on any atom is -0.308 e. The van der Waals surface area contributed by atoms with E-state index in [2.05, 4.69) is 46.4 Å². The first-order valence-corrected chi connectivity index (χ1v) is 12.0. The van der Waals surface area contributed by atoms with Crippen LogP contribution in [-0.4, -0.2) is 44.6 Å². The van der Waals surface area contributed by atoms with Crippen LogP contribution in [0.15, 0.2) is 41.9 Å². The van der Waals surface area contributed by atoms with Gasteiger partial charge in [0, 0.05) is 30.3 Å². The quantitative estimate of drug-likeness (QED) is 0.568. The predicted octanol–water partition coefficient (Wildman–Crippen LogP) is 4.20. The van der Waals surface area contributed by atoms with E-state index in [1.807, 2.05) is 36.7 Å². The fourth-order valence-electron chi connectivity index (χ4n) is 3.99. The summed E-state index contributed by atoms with van der Waals surface area (Å²) in [6.45, 7) is 7.55. The van der Waals surface area contributed by atoms with E-state index in [9.17, 15) is 9.59 Å². The Hall–Kier alpha value is -3.04. The summed E-state index contributed by atoms with van der Waals surface area (Å²) in [5, 5.41) is 12.5. The minimum atomic E-state index is -0.172. The maximum Gasteiger partial charge on any atom is 0.257 e. The third kappa shape index (κ3) is 5.66. The second-order valence-corrected chi connectivity index (χ2v) is 10.3. The third-order valence-electron chi connectivity index (χ3n) is 5.79. The molecule has 2 aromatic heterocycles. The number of benzene rings is 1. The monoisotopic (exact) mass is 466 g/mol. The van der Waals surface area contributed by atoms with Crippen molar-refractivity contribution in [1.29, 1.82) is 0 Å². The lowest BCUT2D eigenvalue weighted by Crippen LogP contribution is -2.33. The topological polar surface area (TPSA) is 92.2 Å². The van der Waals surface area contributed by atoms with Crippen molar-refractivity contribution < 1.29 is 9.59 Å². The molecule has 1 saturated heterocycles. The van der Waals surface area contributed by atoms with Gasteiger partial charge in [-0.25, -0.2) is 4.98 Å². The highest BCUT2D eigenvalue weighted by Gasteiger charge is 2.29. The molecule has 0 radical (unpaired) electrons. The molecule has 2 amide bonds. The van der Waals surface area contributed by atoms with E-state index in [0.717, 1.165) is 25.1 Å². The standard InChI is InChI=1S/C24H30N6O2S/c1-24(2,3)17-9-7-16(8-10-17)22(32)27-23-25-18(15-33-23)19-6-5-12-30(19)14-21(31)26-20-11-13-29(4)28-20/h7-11,13,15,19H,5-6,12,14H2,1-4H3,(H,25,27,32)(H,26,28,31)/t19-/m0/s1. The van der Waals surface area contributed by atoms with Crippen LogP contribution in [0.1, 0.15) is 61.3 Å². The van der Waals surface area contributed by atoms with Crippen LogP contribution in [0, 0.1) is 0 Å². The van der Waals surface area contributed by atoms with Crippen LogP contribution in [0.5, 0.6) is 0 Å². The van der Waals surface area contributed by atoms with Crippen LogP contribution >= 0.6 is 11.3 Å². The fourth-order valence-corrected chi connectivity index (χ4v) is 4.74. The molecular weight excluding hydrogens is 436 g/mol. The normalized spacial score (nSPS) is 16.7. The summed E-state index contributed by atoms with van der Waals surface area (Å²) < 4.78 is 1.65. The van der Waals surface area contributed by atoms with Crippen molar-refractivity contribution >= 4 is 34.1 Å². The first kappa shape index (κ1) is 23.1. The number of likely N-dealkylation sites (tertiary alicyclic amines) is 1. The van der Waals surface area contributed by atoms with Crippen LogP contribution in [-0.2, 0) is 17.3 Å². The van der Waals surface area contributed by atoms with Gasteiger partial charge in [0.05, 0.1) is 18.3 Å². The van der Waals surface area contributed by atoms with Gasteiger partial charge in [0.25, 0.3) is 5.91 Å². The molecule has 1 aliphatic heterocycles. The van der Waals surface area contributed by atoms with E-state index in [4.69, 9.17) is 0 Å². The number of thiazole rings is 1. The summed E-state index contributed by atoms with van der Waals surface area (Å²) in [4.78, 5) is 31.9. The van der Waals surface area contributed by atoms with Crippen LogP contribution in [0.3, 0.4) is 0 Å². The highest BCUT2D eigenvalue weighted by atomic mass is 32.1. The van der Waals surface area contributed by atoms with Gasteiger partial charge in [-0.15, -0.1) is 11.3 Å². The van der Waals surface area contributed by atoms with Gasteiger partial charge in [0.1, 0.15) is 0 Å². The highest BCUT2D eigenvalue weighted by Crippen LogP contribution is 2.33. The number of nitrogens with one attached hydrogen (secondary N) is 2. The average molecular weight is 467 g/mol. The molecular formula is C24H30N6O2S. The molecule has 1 aromatic carbocycles. The Labute approximate surface area is 198 Å². The summed E-state index contributed by atoms with van der Waals surface area (Å²) in [5.41, 5.74) is 2.72. The van der Waals surface area contributed by atoms with Gasteiger partial charge in [-0.05, 0) is 42.5 Å². The summed E-state index contributed by atoms with van der Waals surface area (Å²) in [6, 6.07) is 9.52.